The number of amides is 1. The first-order chi connectivity index (χ1) is 18.3. The molecule has 0 unspecified atom stereocenters. The number of benzene rings is 2. The second-order valence-electron chi connectivity index (χ2n) is 11.6. The van der Waals surface area contributed by atoms with Crippen molar-refractivity contribution in [1.82, 2.24) is 25.5 Å². The van der Waals surface area contributed by atoms with Crippen LogP contribution in [0.5, 0.6) is 0 Å². The van der Waals surface area contributed by atoms with Gasteiger partial charge in [-0.25, -0.2) is 14.8 Å². The van der Waals surface area contributed by atoms with Crippen molar-refractivity contribution in [2.45, 2.75) is 64.8 Å². The molecule has 9 heteroatoms. The van der Waals surface area contributed by atoms with Crippen LogP contribution in [0.3, 0.4) is 0 Å². The van der Waals surface area contributed by atoms with Crippen LogP contribution in [0.15, 0.2) is 60.9 Å². The molecule has 0 aliphatic rings. The average molecular weight is 544 g/mol. The molecule has 2 aromatic carbocycles. The summed E-state index contributed by atoms with van der Waals surface area (Å²) < 4.78 is 0. The SMILES string of the molecule is CC(C)(C)c1ccc(-c2cnc(-c3ccc(C[C@H](NC(=O)c4nnc(C(C)(C)C)s4)C(=O)O)cc3)nc2)cc1. The number of carbonyl (C=O) groups is 2. The third kappa shape index (κ3) is 6.92. The van der Waals surface area contributed by atoms with E-state index in [0.717, 1.165) is 22.3 Å². The summed E-state index contributed by atoms with van der Waals surface area (Å²) in [6, 6.07) is 14.7. The van der Waals surface area contributed by atoms with E-state index in [2.05, 4.69) is 70.5 Å². The van der Waals surface area contributed by atoms with Crippen molar-refractivity contribution in [3.05, 3.63) is 82.1 Å². The summed E-state index contributed by atoms with van der Waals surface area (Å²) in [5.41, 5.74) is 4.67. The number of hydrogen-bond donors (Lipinski definition) is 2. The molecular weight excluding hydrogens is 510 g/mol. The van der Waals surface area contributed by atoms with Gasteiger partial charge in [0.1, 0.15) is 11.0 Å². The van der Waals surface area contributed by atoms with Gasteiger partial charge in [-0.2, -0.15) is 0 Å². The lowest BCUT2D eigenvalue weighted by atomic mass is 9.86. The van der Waals surface area contributed by atoms with Crippen molar-refractivity contribution in [3.8, 4) is 22.5 Å². The Morgan fingerprint density at radius 1 is 0.821 bits per heavy atom. The number of aliphatic carboxylic acids is 1. The van der Waals surface area contributed by atoms with Gasteiger partial charge in [0.2, 0.25) is 5.01 Å². The maximum atomic E-state index is 12.6. The van der Waals surface area contributed by atoms with Crippen molar-refractivity contribution in [2.75, 3.05) is 0 Å². The molecular formula is C30H33N5O3S. The highest BCUT2D eigenvalue weighted by Crippen LogP contribution is 2.27. The molecule has 0 aliphatic heterocycles. The van der Waals surface area contributed by atoms with E-state index in [9.17, 15) is 14.7 Å². The van der Waals surface area contributed by atoms with Gasteiger partial charge in [-0.1, -0.05) is 101 Å². The standard InChI is InChI=1S/C30H33N5O3S/c1-29(2,3)22-13-11-19(12-14-22)21-16-31-24(32-17-21)20-9-7-18(8-10-20)15-23(27(37)38)33-25(36)26-34-35-28(39-26)30(4,5)6/h7-14,16-17,23H,15H2,1-6H3,(H,33,36)(H,37,38)/t23-/m0/s1. The summed E-state index contributed by atoms with van der Waals surface area (Å²) in [5, 5.41) is 21.1. The molecule has 0 saturated heterocycles. The van der Waals surface area contributed by atoms with E-state index in [-0.39, 0.29) is 22.3 Å². The average Bonchev–Trinajstić information content (AvgIpc) is 3.40. The van der Waals surface area contributed by atoms with Crippen LogP contribution in [0.1, 0.15) is 67.5 Å². The Morgan fingerprint density at radius 2 is 1.41 bits per heavy atom. The number of carbonyl (C=O) groups excluding carboxylic acids is 1. The Bertz CT molecular complexity index is 1450. The van der Waals surface area contributed by atoms with E-state index in [4.69, 9.17) is 0 Å². The molecule has 1 amide bonds. The molecule has 0 saturated carbocycles. The number of carboxylic acid groups (broad SMARTS) is 1. The van der Waals surface area contributed by atoms with Crippen molar-refractivity contribution >= 4 is 23.2 Å². The summed E-state index contributed by atoms with van der Waals surface area (Å²) >= 11 is 1.17. The van der Waals surface area contributed by atoms with Gasteiger partial charge in [0.15, 0.2) is 5.82 Å². The Balaban J connectivity index is 1.42. The van der Waals surface area contributed by atoms with Crippen LogP contribution >= 0.6 is 11.3 Å². The van der Waals surface area contributed by atoms with Gasteiger partial charge >= 0.3 is 5.97 Å². The largest absolute Gasteiger partial charge is 0.480 e. The second-order valence-corrected chi connectivity index (χ2v) is 12.5. The Hall–Kier alpha value is -3.98. The van der Waals surface area contributed by atoms with Gasteiger partial charge in [0, 0.05) is 35.4 Å². The van der Waals surface area contributed by atoms with Crippen LogP contribution in [0.4, 0.5) is 0 Å². The summed E-state index contributed by atoms with van der Waals surface area (Å²) in [6.45, 7) is 12.5. The van der Waals surface area contributed by atoms with E-state index in [1.54, 1.807) is 12.4 Å². The van der Waals surface area contributed by atoms with Gasteiger partial charge < -0.3 is 10.4 Å². The van der Waals surface area contributed by atoms with E-state index in [1.807, 2.05) is 45.0 Å². The summed E-state index contributed by atoms with van der Waals surface area (Å²) in [6.07, 6.45) is 3.73. The smallest absolute Gasteiger partial charge is 0.326 e. The highest BCUT2D eigenvalue weighted by molar-refractivity contribution is 7.13. The minimum atomic E-state index is -1.12. The first kappa shape index (κ1) is 28.0. The van der Waals surface area contributed by atoms with Crippen molar-refractivity contribution in [2.24, 2.45) is 0 Å². The zero-order valence-corrected chi connectivity index (χ0v) is 23.8. The molecule has 0 spiro atoms. The summed E-state index contributed by atoms with van der Waals surface area (Å²) in [7, 11) is 0. The first-order valence-corrected chi connectivity index (χ1v) is 13.5. The van der Waals surface area contributed by atoms with E-state index in [0.29, 0.717) is 10.8 Å². The normalized spacial score (nSPS) is 12.7. The second kappa shape index (κ2) is 11.0. The fourth-order valence-electron chi connectivity index (χ4n) is 3.85. The summed E-state index contributed by atoms with van der Waals surface area (Å²) in [4.78, 5) is 33.6. The quantitative estimate of drug-likeness (QED) is 0.308. The van der Waals surface area contributed by atoms with Crippen LogP contribution < -0.4 is 5.32 Å². The number of carboxylic acids is 1. The van der Waals surface area contributed by atoms with E-state index in [1.165, 1.54) is 16.9 Å². The molecule has 2 heterocycles. The third-order valence-corrected chi connectivity index (χ3v) is 7.60. The first-order valence-electron chi connectivity index (χ1n) is 12.7. The lowest BCUT2D eigenvalue weighted by Gasteiger charge is -2.19. The molecule has 0 radical (unpaired) electrons. The zero-order chi connectivity index (χ0) is 28.4. The van der Waals surface area contributed by atoms with Crippen LogP contribution in [0.25, 0.3) is 22.5 Å². The molecule has 0 fully saturated rings. The Morgan fingerprint density at radius 3 is 1.92 bits per heavy atom. The van der Waals surface area contributed by atoms with Gasteiger partial charge in [0.25, 0.3) is 5.91 Å². The minimum Gasteiger partial charge on any atom is -0.480 e. The number of aromatic nitrogens is 4. The number of nitrogens with zero attached hydrogens (tertiary/aromatic N) is 4. The topological polar surface area (TPSA) is 118 Å². The van der Waals surface area contributed by atoms with Crippen LogP contribution in [-0.4, -0.2) is 43.2 Å². The molecule has 2 aromatic heterocycles. The number of nitrogens with one attached hydrogen (secondary N) is 1. The fourth-order valence-corrected chi connectivity index (χ4v) is 4.66. The highest BCUT2D eigenvalue weighted by Gasteiger charge is 2.26. The maximum absolute atomic E-state index is 12.6. The zero-order valence-electron chi connectivity index (χ0n) is 23.0. The molecule has 39 heavy (non-hydrogen) atoms. The van der Waals surface area contributed by atoms with Crippen LogP contribution in [-0.2, 0) is 22.0 Å². The number of hydrogen-bond acceptors (Lipinski definition) is 7. The van der Waals surface area contributed by atoms with Crippen molar-refractivity contribution < 1.29 is 14.7 Å². The molecule has 4 rings (SSSR count). The lowest BCUT2D eigenvalue weighted by molar-refractivity contribution is -0.139. The molecule has 4 aromatic rings. The molecule has 202 valence electrons. The van der Waals surface area contributed by atoms with Gasteiger partial charge in [-0.3, -0.25) is 4.79 Å². The Labute approximate surface area is 232 Å². The van der Waals surface area contributed by atoms with Gasteiger partial charge in [-0.15, -0.1) is 10.2 Å². The monoisotopic (exact) mass is 543 g/mol. The number of rotatable bonds is 7. The fraction of sp³-hybridized carbons (Fsp3) is 0.333. The molecule has 0 aliphatic carbocycles. The summed E-state index contributed by atoms with van der Waals surface area (Å²) in [5.74, 6) is -1.10. The Kier molecular flexibility index (Phi) is 7.92. The molecule has 0 bridgehead atoms. The van der Waals surface area contributed by atoms with Gasteiger partial charge in [0.05, 0.1) is 0 Å². The lowest BCUT2D eigenvalue weighted by Crippen LogP contribution is -2.42. The van der Waals surface area contributed by atoms with Crippen LogP contribution in [0, 0.1) is 0 Å². The van der Waals surface area contributed by atoms with Crippen molar-refractivity contribution in [3.63, 3.8) is 0 Å². The minimum absolute atomic E-state index is 0.0933. The predicted octanol–water partition coefficient (Wildman–Crippen LogP) is 5.68. The molecule has 2 N–H and O–H groups in total. The van der Waals surface area contributed by atoms with Crippen LogP contribution in [0.2, 0.25) is 0 Å². The third-order valence-electron chi connectivity index (χ3n) is 6.25. The predicted molar refractivity (Wildman–Crippen MR) is 153 cm³/mol. The van der Waals surface area contributed by atoms with E-state index < -0.39 is 17.9 Å². The maximum Gasteiger partial charge on any atom is 0.326 e. The van der Waals surface area contributed by atoms with Crippen molar-refractivity contribution in [1.29, 1.82) is 0 Å². The van der Waals surface area contributed by atoms with E-state index >= 15 is 0 Å². The molecule has 1 atom stereocenters. The molecule has 8 nitrogen and oxygen atoms in total. The van der Waals surface area contributed by atoms with Gasteiger partial charge in [-0.05, 0) is 22.1 Å². The highest BCUT2D eigenvalue weighted by atomic mass is 32.1.